The number of carbonyl (C=O) groups excluding carboxylic acids is 1. The highest BCUT2D eigenvalue weighted by molar-refractivity contribution is 5.83. The van der Waals surface area contributed by atoms with Crippen LogP contribution in [0.3, 0.4) is 0 Å². The van der Waals surface area contributed by atoms with Gasteiger partial charge in [0.25, 0.3) is 0 Å². The number of hydrogen-bond donors (Lipinski definition) is 3. The van der Waals surface area contributed by atoms with Gasteiger partial charge in [-0.25, -0.2) is 0 Å². The van der Waals surface area contributed by atoms with Crippen molar-refractivity contribution in [2.24, 2.45) is 40.4 Å². The second-order valence-corrected chi connectivity index (χ2v) is 10.0. The number of Topliss-reactive ketones (excluding diaryl/α,β-unsaturated/α-hetero) is 1. The Morgan fingerprint density at radius 2 is 1.80 bits per heavy atom. The largest absolute Gasteiger partial charge is 0.393 e. The number of aliphatic hydroxyl groups excluding tert-OH is 3. The molecule has 0 amide bonds. The van der Waals surface area contributed by atoms with Crippen LogP contribution in [0.1, 0.15) is 65.2 Å². The first-order valence-electron chi connectivity index (χ1n) is 10.3. The summed E-state index contributed by atoms with van der Waals surface area (Å²) in [7, 11) is 0. The summed E-state index contributed by atoms with van der Waals surface area (Å²) < 4.78 is 0. The van der Waals surface area contributed by atoms with E-state index in [9.17, 15) is 20.1 Å². The van der Waals surface area contributed by atoms with Gasteiger partial charge < -0.3 is 15.3 Å². The lowest BCUT2D eigenvalue weighted by Crippen LogP contribution is -2.59. The number of carbonyl (C=O) groups is 1. The number of rotatable bonds is 2. The quantitative estimate of drug-likeness (QED) is 0.715. The Kier molecular flexibility index (Phi) is 4.33. The van der Waals surface area contributed by atoms with Crippen molar-refractivity contribution in [2.75, 3.05) is 6.61 Å². The summed E-state index contributed by atoms with van der Waals surface area (Å²) in [6.07, 6.45) is 7.12. The lowest BCUT2D eigenvalue weighted by atomic mass is 9.44. The van der Waals surface area contributed by atoms with Crippen molar-refractivity contribution < 1.29 is 20.1 Å². The third-order valence-electron chi connectivity index (χ3n) is 9.11. The molecule has 0 aromatic heterocycles. The van der Waals surface area contributed by atoms with Crippen LogP contribution in [-0.2, 0) is 4.79 Å². The first kappa shape index (κ1) is 17.9. The van der Waals surface area contributed by atoms with Gasteiger partial charge in [-0.3, -0.25) is 4.79 Å². The second-order valence-electron chi connectivity index (χ2n) is 10.0. The van der Waals surface area contributed by atoms with E-state index >= 15 is 0 Å². The molecular weight excluding hydrogens is 316 g/mol. The summed E-state index contributed by atoms with van der Waals surface area (Å²) >= 11 is 0. The van der Waals surface area contributed by atoms with Crippen molar-refractivity contribution in [1.82, 2.24) is 0 Å². The van der Waals surface area contributed by atoms with E-state index in [1.54, 1.807) is 0 Å². The van der Waals surface area contributed by atoms with Gasteiger partial charge in [-0.2, -0.15) is 0 Å². The highest BCUT2D eigenvalue weighted by Crippen LogP contribution is 2.67. The van der Waals surface area contributed by atoms with Gasteiger partial charge in [0.2, 0.25) is 0 Å². The lowest BCUT2D eigenvalue weighted by molar-refractivity contribution is -0.179. The number of hydrogen-bond acceptors (Lipinski definition) is 4. The summed E-state index contributed by atoms with van der Waals surface area (Å²) in [5.74, 6) is 1.69. The van der Waals surface area contributed by atoms with E-state index in [0.29, 0.717) is 30.1 Å². The number of ketones is 1. The maximum Gasteiger partial charge on any atom is 0.161 e. The van der Waals surface area contributed by atoms with Crippen molar-refractivity contribution >= 4 is 5.78 Å². The van der Waals surface area contributed by atoms with Gasteiger partial charge in [-0.1, -0.05) is 13.8 Å². The molecule has 4 aliphatic carbocycles. The molecule has 0 unspecified atom stereocenters. The smallest absolute Gasteiger partial charge is 0.161 e. The summed E-state index contributed by atoms with van der Waals surface area (Å²) in [5.41, 5.74) is -0.0280. The van der Waals surface area contributed by atoms with Gasteiger partial charge in [0.05, 0.1) is 12.2 Å². The molecule has 4 nitrogen and oxygen atoms in total. The molecule has 4 fully saturated rings. The molecule has 0 aliphatic heterocycles. The molecule has 4 aliphatic rings. The Labute approximate surface area is 151 Å². The van der Waals surface area contributed by atoms with Gasteiger partial charge in [-0.15, -0.1) is 0 Å². The average molecular weight is 350 g/mol. The number of aliphatic hydroxyl groups is 3. The Morgan fingerprint density at radius 1 is 1.04 bits per heavy atom. The van der Waals surface area contributed by atoms with Gasteiger partial charge >= 0.3 is 0 Å². The molecule has 0 spiro atoms. The van der Waals surface area contributed by atoms with Crippen molar-refractivity contribution in [2.45, 2.75) is 77.4 Å². The molecule has 142 valence electrons. The van der Waals surface area contributed by atoms with Crippen LogP contribution in [0.15, 0.2) is 0 Å². The van der Waals surface area contributed by atoms with Crippen molar-refractivity contribution in [3.63, 3.8) is 0 Å². The van der Waals surface area contributed by atoms with E-state index in [1.165, 1.54) is 0 Å². The predicted octanol–water partition coefficient (Wildman–Crippen LogP) is 2.54. The van der Waals surface area contributed by atoms with E-state index in [1.807, 2.05) is 0 Å². The monoisotopic (exact) mass is 350 g/mol. The Bertz CT molecular complexity index is 548. The molecule has 3 N–H and O–H groups in total. The van der Waals surface area contributed by atoms with Crippen LogP contribution in [0.5, 0.6) is 0 Å². The summed E-state index contributed by atoms with van der Waals surface area (Å²) in [6, 6.07) is 0. The van der Waals surface area contributed by atoms with E-state index < -0.39 is 0 Å². The summed E-state index contributed by atoms with van der Waals surface area (Å²) in [5, 5.41) is 30.7. The van der Waals surface area contributed by atoms with Crippen LogP contribution >= 0.6 is 0 Å². The maximum atomic E-state index is 12.3. The fraction of sp³-hybridized carbons (Fsp3) is 0.952. The van der Waals surface area contributed by atoms with Gasteiger partial charge in [0.1, 0.15) is 6.61 Å². The third-order valence-corrected chi connectivity index (χ3v) is 9.11. The minimum absolute atomic E-state index is 0.0312. The second kappa shape index (κ2) is 6.03. The van der Waals surface area contributed by atoms with E-state index in [4.69, 9.17) is 0 Å². The van der Waals surface area contributed by atoms with E-state index in [2.05, 4.69) is 13.8 Å². The predicted molar refractivity (Wildman–Crippen MR) is 94.7 cm³/mol. The van der Waals surface area contributed by atoms with Gasteiger partial charge in [0, 0.05) is 5.92 Å². The molecule has 4 heteroatoms. The van der Waals surface area contributed by atoms with Crippen LogP contribution in [0.4, 0.5) is 0 Å². The zero-order valence-corrected chi connectivity index (χ0v) is 15.7. The maximum absolute atomic E-state index is 12.3. The molecule has 0 saturated heterocycles. The normalized spacial score (nSPS) is 55.2. The highest BCUT2D eigenvalue weighted by atomic mass is 16.3. The van der Waals surface area contributed by atoms with Crippen LogP contribution in [-0.4, -0.2) is 39.9 Å². The minimum atomic E-state index is -0.366. The highest BCUT2D eigenvalue weighted by Gasteiger charge is 2.63. The standard InChI is InChI=1S/C21H34O4/c1-20-8-7-13(23)9-12(20)3-4-14-15-5-6-16(18(25)11-22)21(15,2)10-17(24)19(14)20/h12-17,19,22-24H,3-11H2,1-2H3/t12-,13+,14-,15+,16+,17-,19-,20-,21-/m0/s1. The molecule has 4 saturated carbocycles. The molecule has 9 atom stereocenters. The number of fused-ring (bicyclic) bond motifs is 5. The fourth-order valence-corrected chi connectivity index (χ4v) is 8.00. The van der Waals surface area contributed by atoms with Crippen LogP contribution < -0.4 is 0 Å². The van der Waals surface area contributed by atoms with Crippen LogP contribution in [0, 0.1) is 40.4 Å². The molecular formula is C21H34O4. The van der Waals surface area contributed by atoms with E-state index in [-0.39, 0.29) is 41.3 Å². The van der Waals surface area contributed by atoms with Crippen molar-refractivity contribution in [1.29, 1.82) is 0 Å². The molecule has 4 rings (SSSR count). The average Bonchev–Trinajstić information content (AvgIpc) is 2.91. The molecule has 0 radical (unpaired) electrons. The third kappa shape index (κ3) is 2.47. The Morgan fingerprint density at radius 3 is 2.52 bits per heavy atom. The molecule has 0 heterocycles. The topological polar surface area (TPSA) is 77.8 Å². The molecule has 0 aromatic carbocycles. The summed E-state index contributed by atoms with van der Waals surface area (Å²) in [6.45, 7) is 4.19. The zero-order valence-electron chi connectivity index (χ0n) is 15.7. The molecule has 25 heavy (non-hydrogen) atoms. The minimum Gasteiger partial charge on any atom is -0.393 e. The van der Waals surface area contributed by atoms with E-state index in [0.717, 1.165) is 44.9 Å². The zero-order chi connectivity index (χ0) is 18.0. The lowest BCUT2D eigenvalue weighted by Gasteiger charge is -2.62. The fourth-order valence-electron chi connectivity index (χ4n) is 8.00. The SMILES string of the molecule is C[C@]12CC[C@@H](O)C[C@@H]1CC[C@@H]1[C@H]2[C@@H](O)C[C@]2(C)[C@@H](C(=O)CO)CC[C@H]12. The molecule has 0 aromatic rings. The van der Waals surface area contributed by atoms with Crippen molar-refractivity contribution in [3.05, 3.63) is 0 Å². The van der Waals surface area contributed by atoms with Crippen molar-refractivity contribution in [3.8, 4) is 0 Å². The first-order chi connectivity index (χ1) is 11.8. The first-order valence-corrected chi connectivity index (χ1v) is 10.3. The summed E-state index contributed by atoms with van der Waals surface area (Å²) in [4.78, 5) is 12.3. The molecule has 0 bridgehead atoms. The Hall–Kier alpha value is -0.450. The van der Waals surface area contributed by atoms with Gasteiger partial charge in [-0.05, 0) is 85.9 Å². The van der Waals surface area contributed by atoms with Crippen LogP contribution in [0.2, 0.25) is 0 Å². The Balaban J connectivity index is 1.65. The van der Waals surface area contributed by atoms with Crippen LogP contribution in [0.25, 0.3) is 0 Å². The van der Waals surface area contributed by atoms with Gasteiger partial charge in [0.15, 0.2) is 5.78 Å².